The van der Waals surface area contributed by atoms with Gasteiger partial charge in [-0.15, -0.1) is 10.2 Å². The number of carbonyl (C=O) groups is 1. The highest BCUT2D eigenvalue weighted by Crippen LogP contribution is 2.58. The molecule has 0 radical (unpaired) electrons. The van der Waals surface area contributed by atoms with E-state index in [0.29, 0.717) is 16.7 Å². The number of hydrogen-bond donors (Lipinski definition) is 2. The first-order chi connectivity index (χ1) is 18.9. The van der Waals surface area contributed by atoms with Gasteiger partial charge in [0.15, 0.2) is 0 Å². The fraction of sp³-hybridized carbons (Fsp3) is 0.517. The predicted octanol–water partition coefficient (Wildman–Crippen LogP) is 5.69. The minimum absolute atomic E-state index is 0.0556. The smallest absolute Gasteiger partial charge is 0.320 e. The van der Waals surface area contributed by atoms with Crippen LogP contribution in [0.3, 0.4) is 0 Å². The van der Waals surface area contributed by atoms with Gasteiger partial charge >= 0.3 is 6.18 Å². The van der Waals surface area contributed by atoms with Gasteiger partial charge < -0.3 is 19.8 Å². The number of benzene rings is 1. The Morgan fingerprint density at radius 3 is 2.39 bits per heavy atom. The SMILES string of the molecule is Cn1cnnc1C1(c2ccc(Cl)c(NC(=O)c3cc(CNCC(C)(C)C)cn(CC(F)(F)F)c3=O)c2)CC(C)(C)C1. The van der Waals surface area contributed by atoms with E-state index >= 15 is 0 Å². The van der Waals surface area contributed by atoms with E-state index in [1.54, 1.807) is 18.5 Å². The maximum atomic E-state index is 13.4. The normalized spacial score (nSPS) is 16.3. The second-order valence-corrected chi connectivity index (χ2v) is 13.4. The highest BCUT2D eigenvalue weighted by molar-refractivity contribution is 6.34. The lowest BCUT2D eigenvalue weighted by Gasteiger charge is -2.52. The molecule has 2 aromatic heterocycles. The van der Waals surface area contributed by atoms with Crippen molar-refractivity contribution in [1.82, 2.24) is 24.6 Å². The average Bonchev–Trinajstić information content (AvgIpc) is 3.24. The van der Waals surface area contributed by atoms with Crippen LogP contribution in [0.4, 0.5) is 18.9 Å². The molecule has 2 heterocycles. The van der Waals surface area contributed by atoms with E-state index in [2.05, 4.69) is 34.7 Å². The standard InChI is InChI=1S/C29H36ClF3N6O2/c1-26(2,3)15-34-11-18-9-20(24(41)39(12-18)16-29(31,32)33)23(40)36-22-10-19(7-8-21(22)30)28(13-27(4,5)14-28)25-37-35-17-38(25)6/h7-10,12,17,34H,11,13-16H2,1-6H3,(H,36,40). The summed E-state index contributed by atoms with van der Waals surface area (Å²) in [5.41, 5.74) is -0.430. The van der Waals surface area contributed by atoms with Crippen molar-refractivity contribution in [2.45, 2.75) is 72.1 Å². The molecule has 12 heteroatoms. The first-order valence-corrected chi connectivity index (χ1v) is 13.7. The number of pyridine rings is 1. The molecule has 2 N–H and O–H groups in total. The number of anilines is 1. The van der Waals surface area contributed by atoms with Crippen molar-refractivity contribution < 1.29 is 18.0 Å². The van der Waals surface area contributed by atoms with E-state index in [1.807, 2.05) is 38.5 Å². The van der Waals surface area contributed by atoms with Gasteiger partial charge in [0, 0.05) is 26.3 Å². The molecule has 1 saturated carbocycles. The van der Waals surface area contributed by atoms with Crippen molar-refractivity contribution in [1.29, 1.82) is 0 Å². The maximum Gasteiger partial charge on any atom is 0.406 e. The first kappa shape index (κ1) is 30.8. The summed E-state index contributed by atoms with van der Waals surface area (Å²) in [6.45, 7) is 9.62. The summed E-state index contributed by atoms with van der Waals surface area (Å²) in [6.07, 6.45) is -0.298. The summed E-state index contributed by atoms with van der Waals surface area (Å²) >= 11 is 6.46. The third kappa shape index (κ3) is 7.01. The number of aryl methyl sites for hydroxylation is 1. The lowest BCUT2D eigenvalue weighted by Crippen LogP contribution is -2.49. The molecule has 1 aliphatic rings. The van der Waals surface area contributed by atoms with Crippen LogP contribution in [-0.2, 0) is 25.6 Å². The molecule has 1 amide bonds. The number of amides is 1. The van der Waals surface area contributed by atoms with Crippen LogP contribution in [0.1, 0.15) is 74.8 Å². The molecule has 1 aliphatic carbocycles. The molecule has 1 aromatic carbocycles. The summed E-state index contributed by atoms with van der Waals surface area (Å²) < 4.78 is 42.2. The van der Waals surface area contributed by atoms with Crippen LogP contribution in [0.2, 0.25) is 5.02 Å². The number of hydrogen-bond acceptors (Lipinski definition) is 5. The van der Waals surface area contributed by atoms with E-state index in [0.717, 1.165) is 30.4 Å². The minimum atomic E-state index is -4.64. The monoisotopic (exact) mass is 592 g/mol. The van der Waals surface area contributed by atoms with Crippen LogP contribution >= 0.6 is 11.6 Å². The Kier molecular flexibility index (Phi) is 8.18. The molecule has 3 aromatic rings. The van der Waals surface area contributed by atoms with Gasteiger partial charge in [-0.3, -0.25) is 9.59 Å². The molecule has 0 unspecified atom stereocenters. The van der Waals surface area contributed by atoms with Gasteiger partial charge in [0.25, 0.3) is 11.5 Å². The third-order valence-corrected chi connectivity index (χ3v) is 7.52. The molecule has 41 heavy (non-hydrogen) atoms. The number of nitrogens with one attached hydrogen (secondary N) is 2. The molecule has 0 aliphatic heterocycles. The van der Waals surface area contributed by atoms with Crippen LogP contribution in [-0.4, -0.2) is 38.0 Å². The number of nitrogens with zero attached hydrogens (tertiary/aromatic N) is 4. The quantitative estimate of drug-likeness (QED) is 0.351. The van der Waals surface area contributed by atoms with Gasteiger partial charge in [0.2, 0.25) is 0 Å². The van der Waals surface area contributed by atoms with E-state index in [-0.39, 0.29) is 28.1 Å². The Morgan fingerprint density at radius 2 is 1.83 bits per heavy atom. The Bertz CT molecular complexity index is 1500. The van der Waals surface area contributed by atoms with Gasteiger partial charge in [-0.2, -0.15) is 13.2 Å². The lowest BCUT2D eigenvalue weighted by molar-refractivity contribution is -0.141. The highest BCUT2D eigenvalue weighted by atomic mass is 35.5. The number of alkyl halides is 3. The van der Waals surface area contributed by atoms with Crippen LogP contribution in [0.25, 0.3) is 0 Å². The summed E-state index contributed by atoms with van der Waals surface area (Å²) in [6, 6.07) is 6.60. The van der Waals surface area contributed by atoms with Crippen molar-refractivity contribution in [2.75, 3.05) is 11.9 Å². The number of rotatable bonds is 8. The van der Waals surface area contributed by atoms with E-state index < -0.39 is 35.2 Å². The fourth-order valence-corrected chi connectivity index (χ4v) is 5.91. The summed E-state index contributed by atoms with van der Waals surface area (Å²) in [4.78, 5) is 26.4. The molecule has 4 rings (SSSR count). The number of carbonyl (C=O) groups excluding carboxylic acids is 1. The largest absolute Gasteiger partial charge is 0.406 e. The Hall–Kier alpha value is -3.18. The van der Waals surface area contributed by atoms with E-state index in [1.165, 1.54) is 6.07 Å². The minimum Gasteiger partial charge on any atom is -0.320 e. The Balaban J connectivity index is 1.68. The molecular formula is C29H36ClF3N6O2. The molecule has 0 spiro atoms. The topological polar surface area (TPSA) is 93.8 Å². The van der Waals surface area contributed by atoms with Crippen LogP contribution < -0.4 is 16.2 Å². The third-order valence-electron chi connectivity index (χ3n) is 7.19. The zero-order valence-corrected chi connectivity index (χ0v) is 24.9. The molecule has 0 bridgehead atoms. The van der Waals surface area contributed by atoms with Gasteiger partial charge in [-0.05, 0) is 53.0 Å². The van der Waals surface area contributed by atoms with Crippen LogP contribution in [0.5, 0.6) is 0 Å². The van der Waals surface area contributed by atoms with Crippen LogP contribution in [0.15, 0.2) is 41.6 Å². The lowest BCUT2D eigenvalue weighted by atomic mass is 9.51. The molecule has 0 saturated heterocycles. The van der Waals surface area contributed by atoms with E-state index in [9.17, 15) is 22.8 Å². The second-order valence-electron chi connectivity index (χ2n) is 13.0. The number of aromatic nitrogens is 4. The summed E-state index contributed by atoms with van der Waals surface area (Å²) in [5, 5.41) is 14.5. The first-order valence-electron chi connectivity index (χ1n) is 13.4. The van der Waals surface area contributed by atoms with Crippen molar-refractivity contribution in [3.8, 4) is 0 Å². The summed E-state index contributed by atoms with van der Waals surface area (Å²) in [7, 11) is 1.87. The fourth-order valence-electron chi connectivity index (χ4n) is 5.75. The van der Waals surface area contributed by atoms with Crippen molar-refractivity contribution in [2.24, 2.45) is 17.9 Å². The highest BCUT2D eigenvalue weighted by Gasteiger charge is 2.54. The van der Waals surface area contributed by atoms with Gasteiger partial charge in [0.05, 0.1) is 16.1 Å². The van der Waals surface area contributed by atoms with Gasteiger partial charge in [-0.1, -0.05) is 52.3 Å². The molecule has 8 nitrogen and oxygen atoms in total. The summed E-state index contributed by atoms with van der Waals surface area (Å²) in [5.74, 6) is -0.0637. The Morgan fingerprint density at radius 1 is 1.15 bits per heavy atom. The zero-order chi connectivity index (χ0) is 30.4. The second kappa shape index (κ2) is 10.9. The molecular weight excluding hydrogens is 557 g/mol. The number of halogens is 4. The van der Waals surface area contributed by atoms with Crippen molar-refractivity contribution in [3.63, 3.8) is 0 Å². The maximum absolute atomic E-state index is 13.4. The van der Waals surface area contributed by atoms with Crippen molar-refractivity contribution >= 4 is 23.2 Å². The predicted molar refractivity (Wildman–Crippen MR) is 152 cm³/mol. The molecule has 222 valence electrons. The zero-order valence-electron chi connectivity index (χ0n) is 24.1. The van der Waals surface area contributed by atoms with E-state index in [4.69, 9.17) is 11.6 Å². The van der Waals surface area contributed by atoms with Gasteiger partial charge in [0.1, 0.15) is 24.3 Å². The van der Waals surface area contributed by atoms with Gasteiger partial charge in [-0.25, -0.2) is 0 Å². The Labute approximate surface area is 242 Å². The molecule has 0 atom stereocenters. The average molecular weight is 593 g/mol. The molecule has 1 fully saturated rings. The van der Waals surface area contributed by atoms with Crippen LogP contribution in [0, 0.1) is 10.8 Å². The van der Waals surface area contributed by atoms with Crippen molar-refractivity contribution in [3.05, 3.63) is 74.7 Å².